The van der Waals surface area contributed by atoms with Crippen molar-refractivity contribution in [2.45, 2.75) is 26.4 Å². The van der Waals surface area contributed by atoms with Crippen LogP contribution in [0.15, 0.2) is 91.0 Å². The van der Waals surface area contributed by atoms with E-state index in [9.17, 15) is 4.39 Å². The molecule has 0 aromatic heterocycles. The lowest BCUT2D eigenvalue weighted by molar-refractivity contribution is 0.244. The monoisotopic (exact) mass is 471 g/mol. The summed E-state index contributed by atoms with van der Waals surface area (Å²) in [4.78, 5) is 0. The quantitative estimate of drug-likeness (QED) is 0.188. The van der Waals surface area contributed by atoms with Crippen LogP contribution in [0.2, 0.25) is 0 Å². The van der Waals surface area contributed by atoms with E-state index in [1.807, 2.05) is 54.6 Å². The van der Waals surface area contributed by atoms with Gasteiger partial charge >= 0.3 is 0 Å². The molecule has 0 amide bonds. The Morgan fingerprint density at radius 1 is 0.743 bits per heavy atom. The Labute approximate surface area is 206 Å². The van der Waals surface area contributed by atoms with Crippen LogP contribution >= 0.6 is 0 Å². The molecule has 0 fully saturated rings. The number of hydrogen-bond donors (Lipinski definition) is 1. The van der Waals surface area contributed by atoms with E-state index in [0.717, 1.165) is 46.6 Å². The summed E-state index contributed by atoms with van der Waals surface area (Å²) in [5.74, 6) is 1.96. The van der Waals surface area contributed by atoms with Gasteiger partial charge in [-0.15, -0.1) is 0 Å². The number of hydrogen-bond acceptors (Lipinski definition) is 4. The highest BCUT2D eigenvalue weighted by Gasteiger charge is 2.14. The zero-order valence-corrected chi connectivity index (χ0v) is 19.9. The SMILES string of the molecule is CCc1cc(-c2ccc(F)cc2)c(OCc2ccccc2)cc1OCCCOc1cccc(N)c1. The fourth-order valence-corrected chi connectivity index (χ4v) is 3.76. The number of halogens is 1. The van der Waals surface area contributed by atoms with E-state index in [-0.39, 0.29) is 5.82 Å². The maximum atomic E-state index is 13.5. The van der Waals surface area contributed by atoms with Crippen LogP contribution in [0.3, 0.4) is 0 Å². The van der Waals surface area contributed by atoms with Crippen LogP contribution in [-0.4, -0.2) is 13.2 Å². The third-order valence-electron chi connectivity index (χ3n) is 5.61. The van der Waals surface area contributed by atoms with Crippen LogP contribution in [0.4, 0.5) is 10.1 Å². The van der Waals surface area contributed by atoms with E-state index in [2.05, 4.69) is 13.0 Å². The number of anilines is 1. The average molecular weight is 472 g/mol. The number of ether oxygens (including phenoxy) is 3. The predicted molar refractivity (Wildman–Crippen MR) is 138 cm³/mol. The number of nitrogens with two attached hydrogens (primary N) is 1. The lowest BCUT2D eigenvalue weighted by Crippen LogP contribution is -2.07. The third kappa shape index (κ3) is 6.76. The van der Waals surface area contributed by atoms with E-state index in [1.165, 1.54) is 12.1 Å². The highest BCUT2D eigenvalue weighted by Crippen LogP contribution is 2.37. The molecule has 4 aromatic carbocycles. The second-order valence-electron chi connectivity index (χ2n) is 8.21. The van der Waals surface area contributed by atoms with Crippen LogP contribution in [0.5, 0.6) is 17.2 Å². The summed E-state index contributed by atoms with van der Waals surface area (Å²) >= 11 is 0. The second-order valence-corrected chi connectivity index (χ2v) is 8.21. The van der Waals surface area contributed by atoms with Crippen LogP contribution in [-0.2, 0) is 13.0 Å². The lowest BCUT2D eigenvalue weighted by Gasteiger charge is -2.18. The first-order valence-electron chi connectivity index (χ1n) is 11.8. The fraction of sp³-hybridized carbons (Fsp3) is 0.200. The molecule has 0 saturated carbocycles. The van der Waals surface area contributed by atoms with Gasteiger partial charge in [0.1, 0.15) is 29.7 Å². The van der Waals surface area contributed by atoms with Crippen molar-refractivity contribution in [2.75, 3.05) is 18.9 Å². The summed E-state index contributed by atoms with van der Waals surface area (Å²) in [6.45, 7) is 3.54. The molecule has 4 aromatic rings. The van der Waals surface area contributed by atoms with Gasteiger partial charge in [-0.25, -0.2) is 4.39 Å². The fourth-order valence-electron chi connectivity index (χ4n) is 3.76. The Balaban J connectivity index is 1.49. The minimum atomic E-state index is -0.267. The Hall–Kier alpha value is -3.99. The van der Waals surface area contributed by atoms with Crippen molar-refractivity contribution in [1.82, 2.24) is 0 Å². The van der Waals surface area contributed by atoms with E-state index in [4.69, 9.17) is 19.9 Å². The second kappa shape index (κ2) is 11.9. The first kappa shape index (κ1) is 24.1. The largest absolute Gasteiger partial charge is 0.493 e. The van der Waals surface area contributed by atoms with Crippen molar-refractivity contribution < 1.29 is 18.6 Å². The third-order valence-corrected chi connectivity index (χ3v) is 5.61. The highest BCUT2D eigenvalue weighted by atomic mass is 19.1. The molecule has 0 aliphatic rings. The number of aryl methyl sites for hydroxylation is 1. The Bertz CT molecular complexity index is 1230. The summed E-state index contributed by atoms with van der Waals surface area (Å²) in [7, 11) is 0. The van der Waals surface area contributed by atoms with E-state index in [0.29, 0.717) is 31.3 Å². The van der Waals surface area contributed by atoms with Crippen molar-refractivity contribution >= 4 is 5.69 Å². The molecule has 4 rings (SSSR count). The smallest absolute Gasteiger partial charge is 0.131 e. The maximum absolute atomic E-state index is 13.5. The van der Waals surface area contributed by atoms with Gasteiger partial charge in [-0.1, -0.05) is 55.5 Å². The maximum Gasteiger partial charge on any atom is 0.131 e. The van der Waals surface area contributed by atoms with Crippen molar-refractivity contribution in [1.29, 1.82) is 0 Å². The molecule has 0 spiro atoms. The summed E-state index contributed by atoms with van der Waals surface area (Å²) in [6, 6.07) is 27.9. The molecule has 0 atom stereocenters. The van der Waals surface area contributed by atoms with Gasteiger partial charge in [-0.05, 0) is 53.4 Å². The Kier molecular flexibility index (Phi) is 8.23. The minimum absolute atomic E-state index is 0.267. The number of benzene rings is 4. The summed E-state index contributed by atoms with van der Waals surface area (Å²) < 4.78 is 31.7. The van der Waals surface area contributed by atoms with E-state index < -0.39 is 0 Å². The molecule has 2 N–H and O–H groups in total. The van der Waals surface area contributed by atoms with Crippen LogP contribution < -0.4 is 19.9 Å². The zero-order valence-electron chi connectivity index (χ0n) is 19.9. The van der Waals surface area contributed by atoms with Gasteiger partial charge in [0.15, 0.2) is 0 Å². The molecule has 35 heavy (non-hydrogen) atoms. The zero-order chi connectivity index (χ0) is 24.5. The van der Waals surface area contributed by atoms with Crippen molar-refractivity contribution in [3.63, 3.8) is 0 Å². The molecular weight excluding hydrogens is 441 g/mol. The van der Waals surface area contributed by atoms with Gasteiger partial charge in [0.05, 0.1) is 13.2 Å². The molecule has 0 unspecified atom stereocenters. The number of nitrogen functional groups attached to an aromatic ring is 1. The predicted octanol–water partition coefficient (Wildman–Crippen LogP) is 7.06. The first-order valence-corrected chi connectivity index (χ1v) is 11.8. The lowest BCUT2D eigenvalue weighted by atomic mass is 10.00. The number of rotatable bonds is 11. The average Bonchev–Trinajstić information content (AvgIpc) is 2.88. The molecule has 0 aliphatic carbocycles. The van der Waals surface area contributed by atoms with Gasteiger partial charge < -0.3 is 19.9 Å². The van der Waals surface area contributed by atoms with Crippen LogP contribution in [0, 0.1) is 5.82 Å². The van der Waals surface area contributed by atoms with Gasteiger partial charge in [-0.3, -0.25) is 0 Å². The van der Waals surface area contributed by atoms with E-state index >= 15 is 0 Å². The summed E-state index contributed by atoms with van der Waals surface area (Å²) in [5.41, 5.74) is 10.4. The van der Waals surface area contributed by atoms with Crippen molar-refractivity contribution in [2.24, 2.45) is 0 Å². The summed E-state index contributed by atoms with van der Waals surface area (Å²) in [5, 5.41) is 0. The molecule has 180 valence electrons. The minimum Gasteiger partial charge on any atom is -0.493 e. The standard InChI is InChI=1S/C30H30FNO3/c1-2-23-18-28(24-12-14-25(31)15-13-24)30(35-21-22-8-4-3-5-9-22)20-29(23)34-17-7-16-33-27-11-6-10-26(32)19-27/h3-6,8-15,18-20H,2,7,16-17,21,32H2,1H3. The normalized spacial score (nSPS) is 10.7. The van der Waals surface area contributed by atoms with Gasteiger partial charge in [0.2, 0.25) is 0 Å². The molecule has 0 heterocycles. The van der Waals surface area contributed by atoms with Crippen molar-refractivity contribution in [3.8, 4) is 28.4 Å². The molecule has 0 radical (unpaired) electrons. The van der Waals surface area contributed by atoms with Crippen LogP contribution in [0.1, 0.15) is 24.5 Å². The van der Waals surface area contributed by atoms with Crippen LogP contribution in [0.25, 0.3) is 11.1 Å². The molecule has 0 saturated heterocycles. The highest BCUT2D eigenvalue weighted by molar-refractivity contribution is 5.73. The van der Waals surface area contributed by atoms with Gasteiger partial charge in [0.25, 0.3) is 0 Å². The van der Waals surface area contributed by atoms with Gasteiger partial charge in [0, 0.05) is 29.8 Å². The Morgan fingerprint density at radius 3 is 2.26 bits per heavy atom. The molecule has 4 nitrogen and oxygen atoms in total. The molecule has 0 aliphatic heterocycles. The molecule has 5 heteroatoms. The van der Waals surface area contributed by atoms with Crippen molar-refractivity contribution in [3.05, 3.63) is 108 Å². The molecule has 0 bridgehead atoms. The summed E-state index contributed by atoms with van der Waals surface area (Å²) in [6.07, 6.45) is 1.51. The Morgan fingerprint density at radius 2 is 1.51 bits per heavy atom. The van der Waals surface area contributed by atoms with E-state index in [1.54, 1.807) is 18.2 Å². The molecular formula is C30H30FNO3. The van der Waals surface area contributed by atoms with Gasteiger partial charge in [-0.2, -0.15) is 0 Å². The first-order chi connectivity index (χ1) is 17.1. The topological polar surface area (TPSA) is 53.7 Å².